The van der Waals surface area contributed by atoms with E-state index in [4.69, 9.17) is 21.5 Å². The van der Waals surface area contributed by atoms with Crippen LogP contribution in [0.2, 0.25) is 0 Å². The first-order chi connectivity index (χ1) is 9.61. The number of carbonyl (C=O) groups excluding carboxylic acids is 1. The maximum atomic E-state index is 11.3. The van der Waals surface area contributed by atoms with Crippen LogP contribution in [-0.2, 0) is 6.61 Å². The number of carbonyl (C=O) groups is 1. The summed E-state index contributed by atoms with van der Waals surface area (Å²) in [5.74, 6) is -0.0945. The molecule has 5 heteroatoms. The summed E-state index contributed by atoms with van der Waals surface area (Å²) >= 11 is 0. The number of hydrogen-bond acceptors (Lipinski definition) is 4. The van der Waals surface area contributed by atoms with Crippen LogP contribution in [0.5, 0.6) is 5.75 Å². The van der Waals surface area contributed by atoms with Gasteiger partial charge in [-0.1, -0.05) is 18.2 Å². The first-order valence-electron chi connectivity index (χ1n) is 5.92. The molecule has 0 radical (unpaired) electrons. The van der Waals surface area contributed by atoms with Gasteiger partial charge in [0.15, 0.2) is 0 Å². The number of amides is 1. The van der Waals surface area contributed by atoms with Gasteiger partial charge in [0, 0.05) is 16.8 Å². The molecular formula is C15H13N3O2. The van der Waals surface area contributed by atoms with Gasteiger partial charge in [-0.05, 0) is 24.3 Å². The highest BCUT2D eigenvalue weighted by molar-refractivity contribution is 5.94. The Balaban J connectivity index is 2.22. The molecule has 0 bridgehead atoms. The van der Waals surface area contributed by atoms with Crippen molar-refractivity contribution in [1.29, 1.82) is 5.26 Å². The maximum Gasteiger partial charge on any atom is 0.249 e. The summed E-state index contributed by atoms with van der Waals surface area (Å²) in [5, 5.41) is 9.02. The van der Waals surface area contributed by atoms with Crippen molar-refractivity contribution in [2.24, 2.45) is 5.73 Å². The molecule has 0 atom stereocenters. The molecule has 0 saturated heterocycles. The number of hydrogen-bond donors (Lipinski definition) is 2. The van der Waals surface area contributed by atoms with Crippen molar-refractivity contribution in [2.75, 3.05) is 5.73 Å². The zero-order valence-electron chi connectivity index (χ0n) is 10.7. The van der Waals surface area contributed by atoms with Crippen molar-refractivity contribution in [3.05, 3.63) is 59.2 Å². The van der Waals surface area contributed by atoms with E-state index >= 15 is 0 Å². The third-order valence-electron chi connectivity index (χ3n) is 2.79. The Labute approximate surface area is 116 Å². The summed E-state index contributed by atoms with van der Waals surface area (Å²) in [4.78, 5) is 11.3. The van der Waals surface area contributed by atoms with Crippen LogP contribution in [0, 0.1) is 11.3 Å². The lowest BCUT2D eigenvalue weighted by Gasteiger charge is -2.10. The fourth-order valence-corrected chi connectivity index (χ4v) is 1.80. The van der Waals surface area contributed by atoms with E-state index in [2.05, 4.69) is 0 Å². The Morgan fingerprint density at radius 2 is 2.00 bits per heavy atom. The molecule has 0 spiro atoms. The van der Waals surface area contributed by atoms with Gasteiger partial charge in [0.2, 0.25) is 5.91 Å². The Kier molecular flexibility index (Phi) is 3.87. The van der Waals surface area contributed by atoms with Gasteiger partial charge in [-0.25, -0.2) is 0 Å². The Morgan fingerprint density at radius 1 is 1.25 bits per heavy atom. The van der Waals surface area contributed by atoms with Crippen LogP contribution in [0.15, 0.2) is 42.5 Å². The van der Waals surface area contributed by atoms with Crippen LogP contribution >= 0.6 is 0 Å². The molecule has 5 nitrogen and oxygen atoms in total. The average Bonchev–Trinajstić information content (AvgIpc) is 2.46. The van der Waals surface area contributed by atoms with E-state index in [0.29, 0.717) is 28.1 Å². The van der Waals surface area contributed by atoms with E-state index < -0.39 is 5.91 Å². The molecular weight excluding hydrogens is 254 g/mol. The van der Waals surface area contributed by atoms with E-state index in [1.54, 1.807) is 36.4 Å². The third-order valence-corrected chi connectivity index (χ3v) is 2.79. The van der Waals surface area contributed by atoms with Crippen LogP contribution in [0.3, 0.4) is 0 Å². The summed E-state index contributed by atoms with van der Waals surface area (Å²) in [6.45, 7) is 0.151. The molecule has 2 aromatic rings. The van der Waals surface area contributed by atoms with Crippen molar-refractivity contribution in [2.45, 2.75) is 6.61 Å². The van der Waals surface area contributed by atoms with Crippen molar-refractivity contribution >= 4 is 11.6 Å². The first-order valence-corrected chi connectivity index (χ1v) is 5.92. The smallest absolute Gasteiger partial charge is 0.249 e. The molecule has 0 heterocycles. The predicted octanol–water partition coefficient (Wildman–Crippen LogP) is 1.82. The molecule has 0 aliphatic heterocycles. The van der Waals surface area contributed by atoms with Crippen molar-refractivity contribution in [3.8, 4) is 11.8 Å². The third kappa shape index (κ3) is 2.87. The minimum absolute atomic E-state index is 0.151. The Hall–Kier alpha value is -3.00. The van der Waals surface area contributed by atoms with Crippen molar-refractivity contribution < 1.29 is 9.53 Å². The SMILES string of the molecule is N#Cc1cc(N)ccc1OCc1ccccc1C(N)=O. The fraction of sp³-hybridized carbons (Fsp3) is 0.0667. The molecule has 0 saturated carbocycles. The van der Waals surface area contributed by atoms with Crippen LogP contribution in [-0.4, -0.2) is 5.91 Å². The topological polar surface area (TPSA) is 102 Å². The van der Waals surface area contributed by atoms with Crippen LogP contribution in [0.25, 0.3) is 0 Å². The number of nitrogens with zero attached hydrogens (tertiary/aromatic N) is 1. The fourth-order valence-electron chi connectivity index (χ4n) is 1.80. The van der Waals surface area contributed by atoms with Gasteiger partial charge >= 0.3 is 0 Å². The van der Waals surface area contributed by atoms with E-state index in [1.807, 2.05) is 6.07 Å². The minimum atomic E-state index is -0.512. The zero-order valence-corrected chi connectivity index (χ0v) is 10.7. The molecule has 0 aliphatic carbocycles. The van der Waals surface area contributed by atoms with Gasteiger partial charge in [0.25, 0.3) is 0 Å². The standard InChI is InChI=1S/C15H13N3O2/c16-8-11-7-12(17)5-6-14(11)20-9-10-3-1-2-4-13(10)15(18)19/h1-7H,9,17H2,(H2,18,19). The maximum absolute atomic E-state index is 11.3. The van der Waals surface area contributed by atoms with Gasteiger partial charge in [-0.2, -0.15) is 5.26 Å². The number of benzene rings is 2. The largest absolute Gasteiger partial charge is 0.487 e. The highest BCUT2D eigenvalue weighted by Crippen LogP contribution is 2.22. The number of ether oxygens (including phenoxy) is 1. The summed E-state index contributed by atoms with van der Waals surface area (Å²) < 4.78 is 5.57. The van der Waals surface area contributed by atoms with E-state index in [-0.39, 0.29) is 6.61 Å². The molecule has 1 amide bonds. The van der Waals surface area contributed by atoms with E-state index in [1.165, 1.54) is 6.07 Å². The second-order valence-electron chi connectivity index (χ2n) is 4.18. The number of primary amides is 1. The summed E-state index contributed by atoms with van der Waals surface area (Å²) in [6, 6.07) is 13.7. The molecule has 2 rings (SSSR count). The lowest BCUT2D eigenvalue weighted by atomic mass is 10.1. The predicted molar refractivity (Wildman–Crippen MR) is 74.9 cm³/mol. The quantitative estimate of drug-likeness (QED) is 0.825. The monoisotopic (exact) mass is 267 g/mol. The van der Waals surface area contributed by atoms with Crippen LogP contribution in [0.1, 0.15) is 21.5 Å². The molecule has 0 unspecified atom stereocenters. The number of nitrogen functional groups attached to an aromatic ring is 1. The van der Waals surface area contributed by atoms with Gasteiger partial charge in [-0.15, -0.1) is 0 Å². The molecule has 0 fully saturated rings. The van der Waals surface area contributed by atoms with Crippen molar-refractivity contribution in [1.82, 2.24) is 0 Å². The number of nitriles is 1. The average molecular weight is 267 g/mol. The second-order valence-corrected chi connectivity index (χ2v) is 4.18. The summed E-state index contributed by atoms with van der Waals surface area (Å²) in [6.07, 6.45) is 0. The Morgan fingerprint density at radius 3 is 2.70 bits per heavy atom. The zero-order chi connectivity index (χ0) is 14.5. The normalized spacial score (nSPS) is 9.75. The first kappa shape index (κ1) is 13.4. The lowest BCUT2D eigenvalue weighted by Crippen LogP contribution is -2.14. The Bertz CT molecular complexity index is 690. The van der Waals surface area contributed by atoms with Gasteiger partial charge < -0.3 is 16.2 Å². The number of anilines is 1. The van der Waals surface area contributed by atoms with Crippen molar-refractivity contribution in [3.63, 3.8) is 0 Å². The summed E-state index contributed by atoms with van der Waals surface area (Å²) in [5.41, 5.74) is 12.8. The summed E-state index contributed by atoms with van der Waals surface area (Å²) in [7, 11) is 0. The molecule has 2 aromatic carbocycles. The molecule has 0 aliphatic rings. The highest BCUT2D eigenvalue weighted by atomic mass is 16.5. The van der Waals surface area contributed by atoms with Gasteiger partial charge in [-0.3, -0.25) is 4.79 Å². The van der Waals surface area contributed by atoms with E-state index in [9.17, 15) is 4.79 Å². The second kappa shape index (κ2) is 5.76. The number of nitrogens with two attached hydrogens (primary N) is 2. The highest BCUT2D eigenvalue weighted by Gasteiger charge is 2.09. The number of rotatable bonds is 4. The van der Waals surface area contributed by atoms with Gasteiger partial charge in [0.05, 0.1) is 5.56 Å². The molecule has 0 aromatic heterocycles. The molecule has 100 valence electrons. The van der Waals surface area contributed by atoms with E-state index in [0.717, 1.165) is 0 Å². The minimum Gasteiger partial charge on any atom is -0.487 e. The van der Waals surface area contributed by atoms with Gasteiger partial charge in [0.1, 0.15) is 18.4 Å². The molecule has 20 heavy (non-hydrogen) atoms. The van der Waals surface area contributed by atoms with Crippen LogP contribution in [0.4, 0.5) is 5.69 Å². The lowest BCUT2D eigenvalue weighted by molar-refractivity contribution is 0.0998. The molecule has 4 N–H and O–H groups in total. The van der Waals surface area contributed by atoms with Crippen LogP contribution < -0.4 is 16.2 Å².